The largest absolute Gasteiger partial charge is 0.478 e. The van der Waals surface area contributed by atoms with Gasteiger partial charge in [-0.05, 0) is 29.7 Å². The van der Waals surface area contributed by atoms with Crippen LogP contribution in [0.15, 0.2) is 30.3 Å². The summed E-state index contributed by atoms with van der Waals surface area (Å²) in [6, 6.07) is 7.65. The number of ether oxygens (including phenoxy) is 2. The van der Waals surface area contributed by atoms with E-state index in [0.717, 1.165) is 30.2 Å². The minimum atomic E-state index is -0.945. The predicted octanol–water partition coefficient (Wildman–Crippen LogP) is 2.09. The monoisotopic (exact) mass is 248 g/mol. The van der Waals surface area contributed by atoms with E-state index in [1.54, 1.807) is 6.08 Å². The third-order valence-electron chi connectivity index (χ3n) is 2.74. The Bertz CT molecular complexity index is 433. The smallest absolute Gasteiger partial charge is 0.328 e. The number of carbonyl (C=O) groups is 1. The number of aliphatic carboxylic acids is 1. The van der Waals surface area contributed by atoms with Crippen molar-refractivity contribution in [1.29, 1.82) is 0 Å². The van der Waals surface area contributed by atoms with E-state index in [9.17, 15) is 4.79 Å². The van der Waals surface area contributed by atoms with E-state index in [2.05, 4.69) is 0 Å². The number of hydrogen-bond donors (Lipinski definition) is 1. The third kappa shape index (κ3) is 3.98. The summed E-state index contributed by atoms with van der Waals surface area (Å²) in [6.45, 7) is 1.97. The molecule has 1 aromatic rings. The molecular formula is C14H16O4. The van der Waals surface area contributed by atoms with Gasteiger partial charge in [0.05, 0.1) is 19.3 Å². The Morgan fingerprint density at radius 3 is 3.17 bits per heavy atom. The normalized spacial score (nSPS) is 19.4. The van der Waals surface area contributed by atoms with Crippen LogP contribution in [0.2, 0.25) is 0 Å². The van der Waals surface area contributed by atoms with Crippen LogP contribution in [-0.4, -0.2) is 30.4 Å². The number of carboxylic acids is 1. The summed E-state index contributed by atoms with van der Waals surface area (Å²) in [7, 11) is 0. The van der Waals surface area contributed by atoms with Gasteiger partial charge in [0, 0.05) is 12.7 Å². The molecule has 1 heterocycles. The van der Waals surface area contributed by atoms with Gasteiger partial charge in [-0.2, -0.15) is 0 Å². The number of hydrogen-bond acceptors (Lipinski definition) is 3. The van der Waals surface area contributed by atoms with Crippen LogP contribution >= 0.6 is 0 Å². The minimum absolute atomic E-state index is 0.184. The highest BCUT2D eigenvalue weighted by Crippen LogP contribution is 2.13. The summed E-state index contributed by atoms with van der Waals surface area (Å²) in [6.07, 6.45) is 3.83. The van der Waals surface area contributed by atoms with E-state index in [4.69, 9.17) is 14.6 Å². The van der Waals surface area contributed by atoms with Crippen molar-refractivity contribution < 1.29 is 19.4 Å². The highest BCUT2D eigenvalue weighted by atomic mass is 16.5. The Kier molecular flexibility index (Phi) is 4.50. The Hall–Kier alpha value is -1.65. The molecule has 1 aliphatic rings. The molecule has 2 rings (SSSR count). The minimum Gasteiger partial charge on any atom is -0.478 e. The molecule has 1 unspecified atom stereocenters. The summed E-state index contributed by atoms with van der Waals surface area (Å²) < 4.78 is 10.9. The summed E-state index contributed by atoms with van der Waals surface area (Å²) in [5.74, 6) is -0.945. The topological polar surface area (TPSA) is 55.8 Å². The van der Waals surface area contributed by atoms with Gasteiger partial charge in [-0.25, -0.2) is 4.79 Å². The first kappa shape index (κ1) is 12.8. The Morgan fingerprint density at radius 2 is 2.44 bits per heavy atom. The highest BCUT2D eigenvalue weighted by Gasteiger charge is 2.15. The molecule has 1 N–H and O–H groups in total. The lowest BCUT2D eigenvalue weighted by atomic mass is 10.1. The number of benzene rings is 1. The summed E-state index contributed by atoms with van der Waals surface area (Å²) in [5, 5.41) is 8.57. The van der Waals surface area contributed by atoms with Crippen molar-refractivity contribution in [1.82, 2.24) is 0 Å². The molecule has 4 heteroatoms. The average Bonchev–Trinajstić information content (AvgIpc) is 2.87. The molecule has 18 heavy (non-hydrogen) atoms. The van der Waals surface area contributed by atoms with Gasteiger partial charge in [0.25, 0.3) is 0 Å². The molecule has 1 fully saturated rings. The van der Waals surface area contributed by atoms with Crippen molar-refractivity contribution in [2.24, 2.45) is 0 Å². The SMILES string of the molecule is O=C(O)C=Cc1cccc(COC2CCOC2)c1. The van der Waals surface area contributed by atoms with Gasteiger partial charge in [0.15, 0.2) is 0 Å². The van der Waals surface area contributed by atoms with Crippen LogP contribution in [0.25, 0.3) is 6.08 Å². The van der Waals surface area contributed by atoms with Gasteiger partial charge < -0.3 is 14.6 Å². The predicted molar refractivity (Wildman–Crippen MR) is 67.1 cm³/mol. The zero-order valence-corrected chi connectivity index (χ0v) is 10.0. The zero-order chi connectivity index (χ0) is 12.8. The van der Waals surface area contributed by atoms with E-state index in [-0.39, 0.29) is 6.10 Å². The van der Waals surface area contributed by atoms with Crippen molar-refractivity contribution in [3.05, 3.63) is 41.5 Å². The first-order valence-corrected chi connectivity index (χ1v) is 5.93. The maximum Gasteiger partial charge on any atom is 0.328 e. The summed E-state index contributed by atoms with van der Waals surface area (Å²) in [5.41, 5.74) is 1.90. The molecule has 1 atom stereocenters. The second kappa shape index (κ2) is 6.33. The van der Waals surface area contributed by atoms with Gasteiger partial charge in [0.2, 0.25) is 0 Å². The van der Waals surface area contributed by atoms with Gasteiger partial charge in [-0.1, -0.05) is 18.2 Å². The first-order chi connectivity index (χ1) is 8.74. The molecular weight excluding hydrogens is 232 g/mol. The lowest BCUT2D eigenvalue weighted by Gasteiger charge is -2.09. The number of carboxylic acid groups (broad SMARTS) is 1. The van der Waals surface area contributed by atoms with Crippen molar-refractivity contribution >= 4 is 12.0 Å². The second-order valence-electron chi connectivity index (χ2n) is 4.21. The molecule has 96 valence electrons. The van der Waals surface area contributed by atoms with Crippen molar-refractivity contribution in [3.8, 4) is 0 Å². The van der Waals surface area contributed by atoms with E-state index < -0.39 is 5.97 Å². The maximum atomic E-state index is 10.4. The Morgan fingerprint density at radius 1 is 1.56 bits per heavy atom. The van der Waals surface area contributed by atoms with Crippen LogP contribution in [0.5, 0.6) is 0 Å². The molecule has 0 spiro atoms. The molecule has 1 aromatic carbocycles. The molecule has 0 amide bonds. The lowest BCUT2D eigenvalue weighted by Crippen LogP contribution is -2.11. The molecule has 4 nitrogen and oxygen atoms in total. The van der Waals surface area contributed by atoms with Gasteiger partial charge in [-0.3, -0.25) is 0 Å². The quantitative estimate of drug-likeness (QED) is 0.811. The van der Waals surface area contributed by atoms with Crippen LogP contribution in [0.1, 0.15) is 17.5 Å². The van der Waals surface area contributed by atoms with E-state index >= 15 is 0 Å². The lowest BCUT2D eigenvalue weighted by molar-refractivity contribution is -0.131. The van der Waals surface area contributed by atoms with E-state index in [1.165, 1.54) is 0 Å². The van der Waals surface area contributed by atoms with Crippen LogP contribution < -0.4 is 0 Å². The fourth-order valence-electron chi connectivity index (χ4n) is 1.81. The molecule has 1 aliphatic heterocycles. The molecule has 1 saturated heterocycles. The van der Waals surface area contributed by atoms with Crippen LogP contribution in [-0.2, 0) is 20.9 Å². The standard InChI is InChI=1S/C14H16O4/c15-14(16)5-4-11-2-1-3-12(8-11)9-18-13-6-7-17-10-13/h1-5,8,13H,6-7,9-10H2,(H,15,16). The second-order valence-corrected chi connectivity index (χ2v) is 4.21. The maximum absolute atomic E-state index is 10.4. The first-order valence-electron chi connectivity index (χ1n) is 5.93. The highest BCUT2D eigenvalue weighted by molar-refractivity contribution is 5.85. The molecule has 0 saturated carbocycles. The number of rotatable bonds is 5. The fourth-order valence-corrected chi connectivity index (χ4v) is 1.81. The van der Waals surface area contributed by atoms with Crippen molar-refractivity contribution in [3.63, 3.8) is 0 Å². The molecule has 0 aliphatic carbocycles. The van der Waals surface area contributed by atoms with Crippen molar-refractivity contribution in [2.75, 3.05) is 13.2 Å². The Labute approximate surface area is 106 Å². The van der Waals surface area contributed by atoms with Crippen LogP contribution in [0.4, 0.5) is 0 Å². The molecule has 0 bridgehead atoms. The van der Waals surface area contributed by atoms with Gasteiger partial charge in [-0.15, -0.1) is 0 Å². The molecule has 0 aromatic heterocycles. The van der Waals surface area contributed by atoms with Gasteiger partial charge in [0.1, 0.15) is 0 Å². The Balaban J connectivity index is 1.91. The fraction of sp³-hybridized carbons (Fsp3) is 0.357. The summed E-state index contributed by atoms with van der Waals surface area (Å²) in [4.78, 5) is 10.4. The summed E-state index contributed by atoms with van der Waals surface area (Å²) >= 11 is 0. The van der Waals surface area contributed by atoms with E-state index in [0.29, 0.717) is 13.2 Å². The van der Waals surface area contributed by atoms with Crippen LogP contribution in [0.3, 0.4) is 0 Å². The van der Waals surface area contributed by atoms with E-state index in [1.807, 2.05) is 24.3 Å². The van der Waals surface area contributed by atoms with Crippen LogP contribution in [0, 0.1) is 0 Å². The molecule has 0 radical (unpaired) electrons. The van der Waals surface area contributed by atoms with Crippen molar-refractivity contribution in [2.45, 2.75) is 19.1 Å². The third-order valence-corrected chi connectivity index (χ3v) is 2.74. The average molecular weight is 248 g/mol. The van der Waals surface area contributed by atoms with Gasteiger partial charge >= 0.3 is 5.97 Å². The zero-order valence-electron chi connectivity index (χ0n) is 10.0.